The predicted molar refractivity (Wildman–Crippen MR) is 305 cm³/mol. The molecule has 4 saturated heterocycles. The van der Waals surface area contributed by atoms with Gasteiger partial charge in [0.25, 0.3) is 0 Å². The fourth-order valence-corrected chi connectivity index (χ4v) is 16.6. The summed E-state index contributed by atoms with van der Waals surface area (Å²) in [5.74, 6) is -1.90. The van der Waals surface area contributed by atoms with Crippen molar-refractivity contribution < 1.29 is 101 Å². The lowest BCUT2D eigenvalue weighted by atomic mass is 9.40. The Balaban J connectivity index is 0.763. The van der Waals surface area contributed by atoms with E-state index in [4.69, 9.17) is 66.3 Å². The summed E-state index contributed by atoms with van der Waals surface area (Å²) in [5, 5.41) is 61.3. The summed E-state index contributed by atoms with van der Waals surface area (Å²) < 4.78 is 87.6. The number of rotatable bonds is 18. The number of ether oxygens (including phenoxy) is 14. The number of pyridine rings is 1. The van der Waals surface area contributed by atoms with Gasteiger partial charge in [-0.05, 0) is 127 Å². The molecule has 480 valence electrons. The Labute approximate surface area is 504 Å². The summed E-state index contributed by atoms with van der Waals surface area (Å²) in [5.41, 5.74) is -6.89. The molecule has 5 heterocycles. The summed E-state index contributed by atoms with van der Waals surface area (Å²) in [6.07, 6.45) is -4.46. The van der Waals surface area contributed by atoms with E-state index in [2.05, 4.69) is 11.9 Å². The van der Waals surface area contributed by atoms with Crippen molar-refractivity contribution in [3.05, 3.63) is 72.1 Å². The van der Waals surface area contributed by atoms with Crippen molar-refractivity contribution in [1.29, 1.82) is 0 Å². The lowest BCUT2D eigenvalue weighted by Gasteiger charge is -2.69. The highest BCUT2D eigenvalue weighted by Gasteiger charge is 2.82. The molecule has 1 aromatic heterocycles. The highest BCUT2D eigenvalue weighted by atomic mass is 16.8. The van der Waals surface area contributed by atoms with Gasteiger partial charge in [0.15, 0.2) is 25.2 Å². The van der Waals surface area contributed by atoms with Crippen molar-refractivity contribution in [3.8, 4) is 0 Å². The van der Waals surface area contributed by atoms with Gasteiger partial charge in [-0.2, -0.15) is 0 Å². The fourth-order valence-electron chi connectivity index (χ4n) is 16.6. The number of fused-ring (bicyclic) bond motifs is 5. The van der Waals surface area contributed by atoms with Crippen LogP contribution in [-0.4, -0.2) is 211 Å². The van der Waals surface area contributed by atoms with E-state index in [1.54, 1.807) is 66.5 Å². The second kappa shape index (κ2) is 26.3. The van der Waals surface area contributed by atoms with Gasteiger partial charge in [0, 0.05) is 66.2 Å². The maximum atomic E-state index is 14.1. The number of carbonyl (C=O) groups is 2. The van der Waals surface area contributed by atoms with E-state index in [1.165, 1.54) is 19.4 Å². The molecule has 2 aromatic rings. The van der Waals surface area contributed by atoms with Crippen molar-refractivity contribution >= 4 is 18.0 Å². The smallest absolute Gasteiger partial charge is 0.339 e. The first-order valence-corrected chi connectivity index (χ1v) is 30.9. The molecule has 27 atom stereocenters. The third-order valence-corrected chi connectivity index (χ3v) is 21.6. The molecule has 1 aromatic carbocycles. The van der Waals surface area contributed by atoms with Crippen molar-refractivity contribution in [3.63, 3.8) is 0 Å². The summed E-state index contributed by atoms with van der Waals surface area (Å²) in [4.78, 5) is 31.6. The molecular weight excluding hydrogens is 1120 g/mol. The van der Waals surface area contributed by atoms with Crippen molar-refractivity contribution in [2.24, 2.45) is 22.7 Å². The molecule has 0 unspecified atom stereocenters. The number of benzene rings is 1. The summed E-state index contributed by atoms with van der Waals surface area (Å²) in [6.45, 7) is 12.8. The number of aromatic nitrogens is 1. The average Bonchev–Trinajstić information content (AvgIpc) is 1.28. The highest BCUT2D eigenvalue weighted by Crippen LogP contribution is 2.72. The minimum Gasteiger partial charge on any atom is -0.458 e. The van der Waals surface area contributed by atoms with Crippen LogP contribution in [0.25, 0.3) is 6.08 Å². The third-order valence-electron chi connectivity index (χ3n) is 21.6. The largest absolute Gasteiger partial charge is 0.458 e. The van der Waals surface area contributed by atoms with E-state index in [9.17, 15) is 35.1 Å². The molecule has 8 aliphatic rings. The Bertz CT molecular complexity index is 2620. The molecule has 4 aliphatic heterocycles. The number of aliphatic hydroxyl groups excluding tert-OH is 2. The molecule has 0 spiro atoms. The zero-order valence-corrected chi connectivity index (χ0v) is 51.5. The van der Waals surface area contributed by atoms with E-state index in [0.717, 1.165) is 5.56 Å². The molecule has 5 N–H and O–H groups in total. The van der Waals surface area contributed by atoms with Crippen molar-refractivity contribution in [2.45, 2.75) is 259 Å². The Morgan fingerprint density at radius 3 is 1.81 bits per heavy atom. The number of nitrogens with zero attached hydrogens (tertiary/aromatic N) is 1. The monoisotopic (exact) mass is 1210 g/mol. The average molecular weight is 1210 g/mol. The Morgan fingerprint density at radius 2 is 1.24 bits per heavy atom. The normalized spacial score (nSPS) is 46.4. The summed E-state index contributed by atoms with van der Waals surface area (Å²) >= 11 is 0. The Hall–Kier alpha value is -3.63. The lowest BCUT2D eigenvalue weighted by Crippen LogP contribution is -2.79. The molecule has 0 radical (unpaired) electrons. The number of esters is 2. The Morgan fingerprint density at radius 1 is 0.651 bits per heavy atom. The number of hydrogen-bond donors (Lipinski definition) is 5. The second-order valence-corrected chi connectivity index (χ2v) is 26.0. The van der Waals surface area contributed by atoms with Crippen LogP contribution < -0.4 is 0 Å². The molecule has 10 rings (SSSR count). The van der Waals surface area contributed by atoms with Gasteiger partial charge in [-0.25, -0.2) is 9.59 Å². The summed E-state index contributed by atoms with van der Waals surface area (Å²) in [6, 6.07) is 12.5. The Kier molecular flexibility index (Phi) is 20.0. The standard InChI is InChI=1S/C64H93NO21/c1-34-52(67)57(76-11)53(68)59(80-34)86-56-37(4)79-51(31-45(56)75-10)85-55-36(3)78-50(30-44(55)74-9)84-54-35(2)77-49(29-43(54)73-8)82-42-22-23-60(6)41(28-42)21-24-63(71)46(60)32-47(83-58(69)40-18-15-27-65-33-40)61(7)62(70,25-26-64(61,63)72)38(5)81-48(66)20-19-39-16-13-12-14-17-39/h12-20,27,33-38,41-47,49-57,59,67-68,70-72H,21-26,28-32H2,1-11H3/b20-19+/t34-,35-,36-,37-,38+,41+,42+,43+,44+,45-,46-,47-,49+,50+,51+,52-,53-,54-,55-,56-,57+,59+,60+,61-,62-,63+,64-/m1/s1. The van der Waals surface area contributed by atoms with E-state index in [-0.39, 0.29) is 43.3 Å². The minimum atomic E-state index is -1.97. The molecule has 86 heavy (non-hydrogen) atoms. The van der Waals surface area contributed by atoms with Crippen LogP contribution in [0.3, 0.4) is 0 Å². The number of carbonyl (C=O) groups excluding carboxylic acids is 2. The van der Waals surface area contributed by atoms with Crippen molar-refractivity contribution in [1.82, 2.24) is 4.98 Å². The van der Waals surface area contributed by atoms with Gasteiger partial charge in [-0.15, -0.1) is 0 Å². The first-order valence-electron chi connectivity index (χ1n) is 30.9. The van der Waals surface area contributed by atoms with Crippen LogP contribution in [0.4, 0.5) is 0 Å². The van der Waals surface area contributed by atoms with Crippen LogP contribution in [0, 0.1) is 22.7 Å². The highest BCUT2D eigenvalue weighted by molar-refractivity contribution is 5.89. The fraction of sp³-hybridized carbons (Fsp3) is 0.766. The van der Waals surface area contributed by atoms with E-state index < -0.39 is 162 Å². The van der Waals surface area contributed by atoms with Gasteiger partial charge in [-0.3, -0.25) is 4.98 Å². The molecule has 0 bridgehead atoms. The van der Waals surface area contributed by atoms with Crippen LogP contribution >= 0.6 is 0 Å². The first kappa shape index (κ1) is 65.3. The van der Waals surface area contributed by atoms with Gasteiger partial charge in [0.1, 0.15) is 60.0 Å². The van der Waals surface area contributed by atoms with Crippen molar-refractivity contribution in [2.75, 3.05) is 28.4 Å². The first-order chi connectivity index (χ1) is 40.9. The van der Waals surface area contributed by atoms with Gasteiger partial charge >= 0.3 is 11.9 Å². The van der Waals surface area contributed by atoms with Crippen LogP contribution in [0.5, 0.6) is 0 Å². The molecule has 4 saturated carbocycles. The van der Waals surface area contributed by atoms with E-state index in [1.807, 2.05) is 51.1 Å². The maximum Gasteiger partial charge on any atom is 0.339 e. The minimum absolute atomic E-state index is 0.0307. The van der Waals surface area contributed by atoms with Crippen LogP contribution in [-0.2, 0) is 71.1 Å². The molecule has 0 amide bonds. The van der Waals surface area contributed by atoms with E-state index in [0.29, 0.717) is 44.9 Å². The molecule has 22 heteroatoms. The molecule has 22 nitrogen and oxygen atoms in total. The van der Waals surface area contributed by atoms with Crippen LogP contribution in [0.1, 0.15) is 135 Å². The maximum absolute atomic E-state index is 14.1. The second-order valence-electron chi connectivity index (χ2n) is 26.0. The van der Waals surface area contributed by atoms with Crippen LogP contribution in [0.2, 0.25) is 0 Å². The number of hydrogen-bond acceptors (Lipinski definition) is 22. The lowest BCUT2D eigenvalue weighted by molar-refractivity contribution is -0.356. The van der Waals surface area contributed by atoms with Crippen LogP contribution in [0.15, 0.2) is 60.9 Å². The molecule has 8 fully saturated rings. The van der Waals surface area contributed by atoms with E-state index >= 15 is 0 Å². The molecular formula is C64H93NO21. The summed E-state index contributed by atoms with van der Waals surface area (Å²) in [7, 11) is 6.25. The van der Waals surface area contributed by atoms with Gasteiger partial charge in [-0.1, -0.05) is 44.2 Å². The zero-order valence-electron chi connectivity index (χ0n) is 51.5. The zero-order chi connectivity index (χ0) is 61.7. The number of aliphatic hydroxyl groups is 5. The van der Waals surface area contributed by atoms with Gasteiger partial charge < -0.3 is 91.8 Å². The molecule has 4 aliphatic carbocycles. The topological polar surface area (TPSA) is 277 Å². The number of methoxy groups -OCH3 is 4. The third kappa shape index (κ3) is 12.0. The van der Waals surface area contributed by atoms with Gasteiger partial charge in [0.2, 0.25) is 0 Å². The van der Waals surface area contributed by atoms with Gasteiger partial charge in [0.05, 0.1) is 65.4 Å². The quantitative estimate of drug-likeness (QED) is 0.0716. The predicted octanol–water partition coefficient (Wildman–Crippen LogP) is 5.34. The SMILES string of the molecule is CO[C@@H]1[C@@H](O)[C@H](O[C@@H]2[C@@H](C)O[C@@H](O[C@H]3[C@@H](OC)C[C@H](O[C@H]4[C@@H](OC)C[C@H](O[C@H]5CC[C@@]6(C)[C@@H](CC[C@]7(O)[C@@H]6C[C@@H](OC(=O)c6cccnc6)[C@@]6(C)[C@]7(O)CC[C@@]6(O)[C@H](C)OC(=O)/C=C/c6ccccc6)C5)O[C@@H]4C)O[C@@H]3C)C[C@H]2OC)O[C@H](C)[C@H]1O.